The summed E-state index contributed by atoms with van der Waals surface area (Å²) in [5.41, 5.74) is 5.95. The molecule has 0 radical (unpaired) electrons. The smallest absolute Gasteiger partial charge is 0.00796 e. The van der Waals surface area contributed by atoms with Crippen molar-refractivity contribution in [2.45, 2.75) is 32.2 Å². The molecule has 2 nitrogen and oxygen atoms in total. The van der Waals surface area contributed by atoms with Crippen LogP contribution in [0.2, 0.25) is 0 Å². The molecule has 0 amide bonds. The van der Waals surface area contributed by atoms with Crippen LogP contribution in [-0.2, 0) is 0 Å². The lowest BCUT2D eigenvalue weighted by molar-refractivity contribution is 0.396. The lowest BCUT2D eigenvalue weighted by atomic mass is 9.93. The van der Waals surface area contributed by atoms with Gasteiger partial charge in [-0.05, 0) is 31.8 Å². The fourth-order valence-corrected chi connectivity index (χ4v) is 1.64. The predicted octanol–water partition coefficient (Wildman–Crippen LogP) is 0.723. The van der Waals surface area contributed by atoms with Crippen LogP contribution in [0.5, 0.6) is 0 Å². The Labute approximate surface area is 63.2 Å². The highest BCUT2D eigenvalue weighted by Gasteiger charge is 2.17. The number of nitrogens with one attached hydrogen (secondary N) is 1. The highest BCUT2D eigenvalue weighted by molar-refractivity contribution is 4.76. The van der Waals surface area contributed by atoms with Crippen molar-refractivity contribution in [2.75, 3.05) is 13.1 Å². The van der Waals surface area contributed by atoms with Crippen LogP contribution in [0.25, 0.3) is 0 Å². The molecule has 1 fully saturated rings. The molecular formula is C8H18N2. The van der Waals surface area contributed by atoms with Crippen molar-refractivity contribution in [3.05, 3.63) is 0 Å². The first-order valence-corrected chi connectivity index (χ1v) is 4.31. The summed E-state index contributed by atoms with van der Waals surface area (Å²) in [6, 6.07) is 0.444. The SMILES string of the molecule is CCC1CCNCCC1N. The molecule has 1 saturated heterocycles. The van der Waals surface area contributed by atoms with Crippen LogP contribution in [-0.4, -0.2) is 19.1 Å². The van der Waals surface area contributed by atoms with Gasteiger partial charge in [0.1, 0.15) is 0 Å². The van der Waals surface area contributed by atoms with E-state index in [9.17, 15) is 0 Å². The summed E-state index contributed by atoms with van der Waals surface area (Å²) in [6.07, 6.45) is 3.65. The van der Waals surface area contributed by atoms with Gasteiger partial charge in [-0.1, -0.05) is 13.3 Å². The molecule has 2 unspecified atom stereocenters. The van der Waals surface area contributed by atoms with Crippen LogP contribution < -0.4 is 11.1 Å². The summed E-state index contributed by atoms with van der Waals surface area (Å²) >= 11 is 0. The second kappa shape index (κ2) is 3.94. The molecule has 10 heavy (non-hydrogen) atoms. The molecule has 0 aliphatic carbocycles. The Hall–Kier alpha value is -0.0800. The molecular weight excluding hydrogens is 124 g/mol. The zero-order valence-electron chi connectivity index (χ0n) is 6.77. The fraction of sp³-hybridized carbons (Fsp3) is 1.00. The molecule has 2 heteroatoms. The van der Waals surface area contributed by atoms with Crippen LogP contribution in [0.4, 0.5) is 0 Å². The fourth-order valence-electron chi connectivity index (χ4n) is 1.64. The third kappa shape index (κ3) is 1.96. The molecule has 0 bridgehead atoms. The lowest BCUT2D eigenvalue weighted by Gasteiger charge is -2.18. The maximum atomic E-state index is 5.95. The lowest BCUT2D eigenvalue weighted by Crippen LogP contribution is -2.29. The van der Waals surface area contributed by atoms with Gasteiger partial charge in [0.2, 0.25) is 0 Å². The van der Waals surface area contributed by atoms with E-state index in [0.29, 0.717) is 6.04 Å². The Kier molecular flexibility index (Phi) is 3.16. The maximum absolute atomic E-state index is 5.95. The number of hydrogen-bond acceptors (Lipinski definition) is 2. The van der Waals surface area contributed by atoms with E-state index >= 15 is 0 Å². The third-order valence-electron chi connectivity index (χ3n) is 2.48. The van der Waals surface area contributed by atoms with Gasteiger partial charge in [0, 0.05) is 6.04 Å². The number of nitrogens with two attached hydrogens (primary N) is 1. The van der Waals surface area contributed by atoms with E-state index in [1.807, 2.05) is 0 Å². The minimum Gasteiger partial charge on any atom is -0.327 e. The van der Waals surface area contributed by atoms with E-state index in [4.69, 9.17) is 5.73 Å². The molecule has 1 heterocycles. The predicted molar refractivity (Wildman–Crippen MR) is 43.9 cm³/mol. The van der Waals surface area contributed by atoms with Gasteiger partial charge in [-0.3, -0.25) is 0 Å². The van der Waals surface area contributed by atoms with Crippen molar-refractivity contribution in [1.29, 1.82) is 0 Å². The third-order valence-corrected chi connectivity index (χ3v) is 2.48. The normalized spacial score (nSPS) is 35.4. The Balaban J connectivity index is 2.35. The molecule has 0 aromatic rings. The maximum Gasteiger partial charge on any atom is 0.00796 e. The topological polar surface area (TPSA) is 38.0 Å². The van der Waals surface area contributed by atoms with Gasteiger partial charge >= 0.3 is 0 Å². The highest BCUT2D eigenvalue weighted by atomic mass is 14.9. The Morgan fingerprint density at radius 1 is 1.40 bits per heavy atom. The van der Waals surface area contributed by atoms with Crippen LogP contribution in [0.15, 0.2) is 0 Å². The summed E-state index contributed by atoms with van der Waals surface area (Å²) in [7, 11) is 0. The molecule has 1 aliphatic rings. The quantitative estimate of drug-likeness (QED) is 0.566. The molecule has 0 saturated carbocycles. The summed E-state index contributed by atoms with van der Waals surface area (Å²) in [5.74, 6) is 0.759. The second-order valence-electron chi connectivity index (χ2n) is 3.16. The zero-order chi connectivity index (χ0) is 7.40. The summed E-state index contributed by atoms with van der Waals surface area (Å²) in [5, 5.41) is 3.36. The van der Waals surface area contributed by atoms with E-state index in [-0.39, 0.29) is 0 Å². The summed E-state index contributed by atoms with van der Waals surface area (Å²) < 4.78 is 0. The van der Waals surface area contributed by atoms with Crippen molar-refractivity contribution >= 4 is 0 Å². The van der Waals surface area contributed by atoms with Gasteiger partial charge in [0.15, 0.2) is 0 Å². The van der Waals surface area contributed by atoms with E-state index in [0.717, 1.165) is 25.4 Å². The van der Waals surface area contributed by atoms with Crippen LogP contribution >= 0.6 is 0 Å². The molecule has 1 aliphatic heterocycles. The first-order chi connectivity index (χ1) is 4.84. The molecule has 60 valence electrons. The van der Waals surface area contributed by atoms with Gasteiger partial charge in [0.05, 0.1) is 0 Å². The van der Waals surface area contributed by atoms with Crippen molar-refractivity contribution in [2.24, 2.45) is 11.7 Å². The van der Waals surface area contributed by atoms with Gasteiger partial charge in [-0.25, -0.2) is 0 Å². The molecule has 3 N–H and O–H groups in total. The van der Waals surface area contributed by atoms with E-state index in [1.54, 1.807) is 0 Å². The van der Waals surface area contributed by atoms with Crippen molar-refractivity contribution < 1.29 is 0 Å². The average Bonchev–Trinajstić information content (AvgIpc) is 2.13. The summed E-state index contributed by atoms with van der Waals surface area (Å²) in [6.45, 7) is 4.50. The molecule has 1 rings (SSSR count). The highest BCUT2D eigenvalue weighted by Crippen LogP contribution is 2.15. The average molecular weight is 142 g/mol. The number of rotatable bonds is 1. The Morgan fingerprint density at radius 3 is 2.80 bits per heavy atom. The second-order valence-corrected chi connectivity index (χ2v) is 3.16. The first kappa shape index (κ1) is 8.02. The standard InChI is InChI=1S/C8H18N2/c1-2-7-3-5-10-6-4-8(7)9/h7-8,10H,2-6,9H2,1H3. The molecule has 0 spiro atoms. The van der Waals surface area contributed by atoms with Gasteiger partial charge in [0.25, 0.3) is 0 Å². The van der Waals surface area contributed by atoms with Gasteiger partial charge < -0.3 is 11.1 Å². The molecule has 0 aromatic heterocycles. The van der Waals surface area contributed by atoms with E-state index in [1.165, 1.54) is 12.8 Å². The number of hydrogen-bond donors (Lipinski definition) is 2. The van der Waals surface area contributed by atoms with Crippen LogP contribution in [0.3, 0.4) is 0 Å². The zero-order valence-corrected chi connectivity index (χ0v) is 6.77. The Morgan fingerprint density at radius 2 is 2.10 bits per heavy atom. The largest absolute Gasteiger partial charge is 0.327 e. The van der Waals surface area contributed by atoms with Gasteiger partial charge in [-0.15, -0.1) is 0 Å². The minimum absolute atomic E-state index is 0.444. The van der Waals surface area contributed by atoms with Crippen LogP contribution in [0, 0.1) is 5.92 Å². The van der Waals surface area contributed by atoms with Crippen molar-refractivity contribution in [3.63, 3.8) is 0 Å². The van der Waals surface area contributed by atoms with Gasteiger partial charge in [-0.2, -0.15) is 0 Å². The van der Waals surface area contributed by atoms with Crippen molar-refractivity contribution in [1.82, 2.24) is 5.32 Å². The van der Waals surface area contributed by atoms with Crippen molar-refractivity contribution in [3.8, 4) is 0 Å². The van der Waals surface area contributed by atoms with Crippen LogP contribution in [0.1, 0.15) is 26.2 Å². The first-order valence-electron chi connectivity index (χ1n) is 4.31. The summed E-state index contributed by atoms with van der Waals surface area (Å²) in [4.78, 5) is 0. The molecule has 2 atom stereocenters. The van der Waals surface area contributed by atoms with E-state index < -0.39 is 0 Å². The monoisotopic (exact) mass is 142 g/mol. The minimum atomic E-state index is 0.444. The van der Waals surface area contributed by atoms with E-state index in [2.05, 4.69) is 12.2 Å². The molecule has 0 aromatic carbocycles. The Bertz CT molecular complexity index is 93.3.